The largest absolute Gasteiger partial charge is 0.385 e. The van der Waals surface area contributed by atoms with Crippen LogP contribution in [-0.2, 0) is 4.74 Å². The van der Waals surface area contributed by atoms with Crippen molar-refractivity contribution >= 4 is 15.9 Å². The summed E-state index contributed by atoms with van der Waals surface area (Å²) < 4.78 is 19.0. The number of ether oxygens (including phenoxy) is 1. The number of likely N-dealkylation sites (N-methyl/N-ethyl adjacent to an activating group) is 1. The van der Waals surface area contributed by atoms with Gasteiger partial charge in [0.1, 0.15) is 5.82 Å². The van der Waals surface area contributed by atoms with E-state index in [9.17, 15) is 4.39 Å². The molecule has 0 aromatic heterocycles. The summed E-state index contributed by atoms with van der Waals surface area (Å²) in [4.78, 5) is 2.13. The number of methoxy groups -OCH3 is 1. The predicted molar refractivity (Wildman–Crippen MR) is 75.0 cm³/mol. The molecule has 0 aliphatic heterocycles. The number of hydrogen-bond acceptors (Lipinski definition) is 3. The van der Waals surface area contributed by atoms with Crippen LogP contribution >= 0.6 is 15.9 Å². The van der Waals surface area contributed by atoms with Crippen LogP contribution in [0.25, 0.3) is 0 Å². The molecule has 1 aromatic rings. The van der Waals surface area contributed by atoms with Crippen LogP contribution in [0, 0.1) is 5.82 Å². The Hall–Kier alpha value is -0.490. The standard InChI is InChI=1S/C13H20BrFN2O/c1-17(6-3-7-18-2)13(9-16)10-4-5-11(14)12(15)8-10/h4-5,8,13H,3,6-7,9,16H2,1-2H3. The monoisotopic (exact) mass is 318 g/mol. The van der Waals surface area contributed by atoms with Gasteiger partial charge in [0.05, 0.1) is 4.47 Å². The number of halogens is 2. The molecular weight excluding hydrogens is 299 g/mol. The lowest BCUT2D eigenvalue weighted by Gasteiger charge is -2.27. The van der Waals surface area contributed by atoms with Crippen LogP contribution in [-0.4, -0.2) is 38.8 Å². The van der Waals surface area contributed by atoms with Crippen LogP contribution in [0.4, 0.5) is 4.39 Å². The molecule has 3 nitrogen and oxygen atoms in total. The molecule has 0 spiro atoms. The first kappa shape index (κ1) is 15.6. The number of rotatable bonds is 7. The van der Waals surface area contributed by atoms with E-state index in [4.69, 9.17) is 10.5 Å². The molecule has 0 radical (unpaired) electrons. The van der Waals surface area contributed by atoms with Crippen LogP contribution in [0.3, 0.4) is 0 Å². The maximum atomic E-state index is 13.5. The summed E-state index contributed by atoms with van der Waals surface area (Å²) in [7, 11) is 3.68. The smallest absolute Gasteiger partial charge is 0.137 e. The van der Waals surface area contributed by atoms with Gasteiger partial charge in [0.15, 0.2) is 0 Å². The van der Waals surface area contributed by atoms with Crippen molar-refractivity contribution in [3.63, 3.8) is 0 Å². The third-order valence-corrected chi connectivity index (χ3v) is 3.59. The lowest BCUT2D eigenvalue weighted by atomic mass is 10.1. The second-order valence-corrected chi connectivity index (χ2v) is 5.11. The molecule has 2 N–H and O–H groups in total. The van der Waals surface area contributed by atoms with Crippen molar-refractivity contribution in [2.45, 2.75) is 12.5 Å². The molecule has 1 aromatic carbocycles. The zero-order valence-electron chi connectivity index (χ0n) is 10.8. The Balaban J connectivity index is 2.72. The number of nitrogens with zero attached hydrogens (tertiary/aromatic N) is 1. The average Bonchev–Trinajstić information content (AvgIpc) is 2.35. The topological polar surface area (TPSA) is 38.5 Å². The predicted octanol–water partition coefficient (Wildman–Crippen LogP) is 2.56. The van der Waals surface area contributed by atoms with Crippen molar-refractivity contribution in [1.82, 2.24) is 4.90 Å². The van der Waals surface area contributed by atoms with E-state index in [2.05, 4.69) is 20.8 Å². The number of nitrogens with two attached hydrogens (primary N) is 1. The van der Waals surface area contributed by atoms with Crippen molar-refractivity contribution in [1.29, 1.82) is 0 Å². The summed E-state index contributed by atoms with van der Waals surface area (Å²) in [6.45, 7) is 2.05. The van der Waals surface area contributed by atoms with E-state index in [1.165, 1.54) is 6.07 Å². The Labute approximate surface area is 116 Å². The first-order valence-corrected chi connectivity index (χ1v) is 6.73. The first-order chi connectivity index (χ1) is 8.60. The highest BCUT2D eigenvalue weighted by Crippen LogP contribution is 2.23. The van der Waals surface area contributed by atoms with Gasteiger partial charge in [-0.1, -0.05) is 6.07 Å². The summed E-state index contributed by atoms with van der Waals surface area (Å²) >= 11 is 3.15. The number of hydrogen-bond donors (Lipinski definition) is 1. The molecule has 1 unspecified atom stereocenters. The molecule has 0 heterocycles. The maximum absolute atomic E-state index is 13.5. The van der Waals surface area contributed by atoms with Gasteiger partial charge in [-0.05, 0) is 47.1 Å². The summed E-state index contributed by atoms with van der Waals surface area (Å²) in [5.74, 6) is -0.253. The van der Waals surface area contributed by atoms with Crippen molar-refractivity contribution in [2.75, 3.05) is 33.9 Å². The molecule has 18 heavy (non-hydrogen) atoms. The second-order valence-electron chi connectivity index (χ2n) is 4.25. The lowest BCUT2D eigenvalue weighted by Crippen LogP contribution is -2.31. The van der Waals surface area contributed by atoms with Crippen LogP contribution in [0.2, 0.25) is 0 Å². The third kappa shape index (κ3) is 4.31. The second kappa shape index (κ2) is 7.84. The summed E-state index contributed by atoms with van der Waals surface area (Å²) in [6.07, 6.45) is 0.933. The highest BCUT2D eigenvalue weighted by molar-refractivity contribution is 9.10. The van der Waals surface area contributed by atoms with Crippen molar-refractivity contribution in [2.24, 2.45) is 5.73 Å². The number of benzene rings is 1. The minimum atomic E-state index is -0.253. The third-order valence-electron chi connectivity index (χ3n) is 2.94. The highest BCUT2D eigenvalue weighted by Gasteiger charge is 2.16. The Morgan fingerprint density at radius 2 is 2.22 bits per heavy atom. The van der Waals surface area contributed by atoms with Crippen LogP contribution in [0.1, 0.15) is 18.0 Å². The summed E-state index contributed by atoms with van der Waals surface area (Å²) in [6, 6.07) is 5.19. The van der Waals surface area contributed by atoms with Crippen molar-refractivity contribution < 1.29 is 9.13 Å². The fourth-order valence-electron chi connectivity index (χ4n) is 1.90. The molecule has 0 fully saturated rings. The van der Waals surface area contributed by atoms with E-state index in [-0.39, 0.29) is 11.9 Å². The van der Waals surface area contributed by atoms with Crippen LogP contribution in [0.15, 0.2) is 22.7 Å². The fourth-order valence-corrected chi connectivity index (χ4v) is 2.15. The Morgan fingerprint density at radius 3 is 2.78 bits per heavy atom. The van der Waals surface area contributed by atoms with Gasteiger partial charge < -0.3 is 10.5 Å². The SMILES string of the molecule is COCCCN(C)C(CN)c1ccc(Br)c(F)c1. The van der Waals surface area contributed by atoms with Gasteiger partial charge >= 0.3 is 0 Å². The maximum Gasteiger partial charge on any atom is 0.137 e. The molecule has 5 heteroatoms. The van der Waals surface area contributed by atoms with Crippen LogP contribution < -0.4 is 5.73 Å². The van der Waals surface area contributed by atoms with Gasteiger partial charge in [-0.25, -0.2) is 4.39 Å². The molecule has 0 bridgehead atoms. The van der Waals surface area contributed by atoms with Crippen molar-refractivity contribution in [3.8, 4) is 0 Å². The van der Waals surface area contributed by atoms with Gasteiger partial charge in [-0.3, -0.25) is 4.90 Å². The molecule has 1 atom stereocenters. The van der Waals surface area contributed by atoms with Gasteiger partial charge in [0.25, 0.3) is 0 Å². The van der Waals surface area contributed by atoms with Crippen molar-refractivity contribution in [3.05, 3.63) is 34.1 Å². The van der Waals surface area contributed by atoms with E-state index >= 15 is 0 Å². The zero-order chi connectivity index (χ0) is 13.5. The van der Waals surface area contributed by atoms with E-state index in [0.29, 0.717) is 11.0 Å². The lowest BCUT2D eigenvalue weighted by molar-refractivity contribution is 0.166. The normalized spacial score (nSPS) is 13.0. The van der Waals surface area contributed by atoms with E-state index in [0.717, 1.165) is 25.1 Å². The van der Waals surface area contributed by atoms with Gasteiger partial charge in [-0.15, -0.1) is 0 Å². The van der Waals surface area contributed by atoms with Crippen LogP contribution in [0.5, 0.6) is 0 Å². The van der Waals surface area contributed by atoms with Gasteiger partial charge in [0.2, 0.25) is 0 Å². The molecule has 0 aliphatic carbocycles. The molecule has 0 saturated carbocycles. The first-order valence-electron chi connectivity index (χ1n) is 5.94. The Morgan fingerprint density at radius 1 is 1.50 bits per heavy atom. The Bertz CT molecular complexity index is 376. The average molecular weight is 319 g/mol. The molecule has 0 saturated heterocycles. The molecule has 1 rings (SSSR count). The summed E-state index contributed by atoms with van der Waals surface area (Å²) in [5, 5.41) is 0. The Kier molecular flexibility index (Phi) is 6.78. The van der Waals surface area contributed by atoms with E-state index in [1.54, 1.807) is 13.2 Å². The minimum absolute atomic E-state index is 0.0319. The molecule has 0 amide bonds. The molecule has 102 valence electrons. The fraction of sp³-hybridized carbons (Fsp3) is 0.538. The zero-order valence-corrected chi connectivity index (χ0v) is 12.4. The molecular formula is C13H20BrFN2O. The quantitative estimate of drug-likeness (QED) is 0.785. The summed E-state index contributed by atoms with van der Waals surface area (Å²) in [5.41, 5.74) is 6.69. The minimum Gasteiger partial charge on any atom is -0.385 e. The van der Waals surface area contributed by atoms with E-state index in [1.807, 2.05) is 13.1 Å². The van der Waals surface area contributed by atoms with E-state index < -0.39 is 0 Å². The molecule has 0 aliphatic rings. The van der Waals surface area contributed by atoms with Gasteiger partial charge in [0, 0.05) is 32.8 Å². The van der Waals surface area contributed by atoms with Gasteiger partial charge in [-0.2, -0.15) is 0 Å². The highest BCUT2D eigenvalue weighted by atomic mass is 79.9.